The normalized spacial score (nSPS) is 10.0. The smallest absolute Gasteiger partial charge is 0.411 e. The first-order valence-corrected chi connectivity index (χ1v) is 7.63. The number of hydrogen-bond donors (Lipinski definition) is 2. The van der Waals surface area contributed by atoms with Gasteiger partial charge in [0.1, 0.15) is 0 Å². The number of amides is 2. The quantitative estimate of drug-likeness (QED) is 0.850. The molecule has 0 unspecified atom stereocenters. The summed E-state index contributed by atoms with van der Waals surface area (Å²) >= 11 is 4.78. The third-order valence-electron chi connectivity index (χ3n) is 2.66. The van der Waals surface area contributed by atoms with E-state index < -0.39 is 6.09 Å². The maximum atomic E-state index is 12.1. The van der Waals surface area contributed by atoms with Gasteiger partial charge in [-0.15, -0.1) is 11.3 Å². The van der Waals surface area contributed by atoms with Crippen molar-refractivity contribution < 1.29 is 14.3 Å². The number of methoxy groups -OCH3 is 1. The fourth-order valence-electron chi connectivity index (χ4n) is 1.57. The van der Waals surface area contributed by atoms with Gasteiger partial charge in [0.15, 0.2) is 0 Å². The highest BCUT2D eigenvalue weighted by molar-refractivity contribution is 9.11. The Morgan fingerprint density at radius 1 is 1.14 bits per heavy atom. The van der Waals surface area contributed by atoms with Crippen LogP contribution in [0.4, 0.5) is 16.2 Å². The van der Waals surface area contributed by atoms with Gasteiger partial charge in [-0.2, -0.15) is 0 Å². The van der Waals surface area contributed by atoms with Gasteiger partial charge >= 0.3 is 6.09 Å². The van der Waals surface area contributed by atoms with E-state index in [1.807, 2.05) is 13.0 Å². The third-order valence-corrected chi connectivity index (χ3v) is 4.79. The minimum Gasteiger partial charge on any atom is -0.453 e. The van der Waals surface area contributed by atoms with E-state index in [0.717, 1.165) is 9.35 Å². The van der Waals surface area contributed by atoms with Crippen LogP contribution in [0.3, 0.4) is 0 Å². The molecule has 0 radical (unpaired) electrons. The highest BCUT2D eigenvalue weighted by atomic mass is 79.9. The molecule has 2 N–H and O–H groups in total. The maximum absolute atomic E-state index is 12.1. The standard InChI is InChI=1S/C14H13BrN2O3S/c1-8-7-11(21-12(8)15)13(18)16-9-3-5-10(6-4-9)17-14(19)20-2/h3-7H,1-2H3,(H,16,18)(H,17,19). The Balaban J connectivity index is 2.03. The van der Waals surface area contributed by atoms with Crippen LogP contribution in [0.1, 0.15) is 15.2 Å². The molecule has 5 nitrogen and oxygen atoms in total. The van der Waals surface area contributed by atoms with Gasteiger partial charge in [0.2, 0.25) is 0 Å². The Morgan fingerprint density at radius 3 is 2.19 bits per heavy atom. The topological polar surface area (TPSA) is 67.4 Å². The van der Waals surface area contributed by atoms with E-state index in [1.165, 1.54) is 18.4 Å². The number of anilines is 2. The number of hydrogen-bond acceptors (Lipinski definition) is 4. The Bertz CT molecular complexity index is 648. The number of ether oxygens (including phenoxy) is 1. The molecule has 1 heterocycles. The molecule has 0 aliphatic carbocycles. The molecular formula is C14H13BrN2O3S. The molecule has 0 fully saturated rings. The van der Waals surface area contributed by atoms with E-state index in [4.69, 9.17) is 0 Å². The molecule has 0 bridgehead atoms. The number of benzene rings is 1. The molecule has 7 heteroatoms. The van der Waals surface area contributed by atoms with Crippen molar-refractivity contribution in [2.45, 2.75) is 6.92 Å². The van der Waals surface area contributed by atoms with Crippen molar-refractivity contribution in [3.63, 3.8) is 0 Å². The molecule has 1 aromatic heterocycles. The molecule has 2 rings (SSSR count). The van der Waals surface area contributed by atoms with Gasteiger partial charge in [-0.3, -0.25) is 10.1 Å². The summed E-state index contributed by atoms with van der Waals surface area (Å²) < 4.78 is 5.45. The Kier molecular flexibility index (Phi) is 4.98. The van der Waals surface area contributed by atoms with Crippen molar-refractivity contribution in [3.05, 3.63) is 44.6 Å². The van der Waals surface area contributed by atoms with E-state index >= 15 is 0 Å². The van der Waals surface area contributed by atoms with E-state index in [1.54, 1.807) is 24.3 Å². The van der Waals surface area contributed by atoms with Gasteiger partial charge < -0.3 is 10.1 Å². The summed E-state index contributed by atoms with van der Waals surface area (Å²) in [5, 5.41) is 5.34. The molecule has 0 atom stereocenters. The first-order valence-electron chi connectivity index (χ1n) is 6.02. The average molecular weight is 369 g/mol. The first-order chi connectivity index (χ1) is 9.99. The molecule has 0 saturated heterocycles. The maximum Gasteiger partial charge on any atom is 0.411 e. The number of aryl methyl sites for hydroxylation is 1. The van der Waals surface area contributed by atoms with Gasteiger partial charge in [0.25, 0.3) is 5.91 Å². The van der Waals surface area contributed by atoms with Gasteiger partial charge in [-0.05, 0) is 58.7 Å². The van der Waals surface area contributed by atoms with Crippen molar-refractivity contribution >= 4 is 50.6 Å². The number of rotatable bonds is 3. The second kappa shape index (κ2) is 6.73. The number of carbonyl (C=O) groups excluding carboxylic acids is 2. The van der Waals surface area contributed by atoms with E-state index in [0.29, 0.717) is 16.3 Å². The second-order valence-electron chi connectivity index (χ2n) is 4.22. The fourth-order valence-corrected chi connectivity index (χ4v) is 3.00. The van der Waals surface area contributed by atoms with Crippen LogP contribution in [0, 0.1) is 6.92 Å². The van der Waals surface area contributed by atoms with Crippen LogP contribution in [0.5, 0.6) is 0 Å². The number of nitrogens with one attached hydrogen (secondary N) is 2. The third kappa shape index (κ3) is 4.05. The van der Waals surface area contributed by atoms with Gasteiger partial charge in [0.05, 0.1) is 15.8 Å². The fraction of sp³-hybridized carbons (Fsp3) is 0.143. The predicted octanol–water partition coefficient (Wildman–Crippen LogP) is 4.25. The summed E-state index contributed by atoms with van der Waals surface area (Å²) in [5.41, 5.74) is 2.27. The molecule has 1 aromatic carbocycles. The zero-order valence-electron chi connectivity index (χ0n) is 11.4. The molecule has 0 aliphatic rings. The van der Waals surface area contributed by atoms with Crippen molar-refractivity contribution in [3.8, 4) is 0 Å². The Labute approximate surface area is 134 Å². The molecule has 0 aliphatic heterocycles. The molecular weight excluding hydrogens is 356 g/mol. The molecule has 21 heavy (non-hydrogen) atoms. The predicted molar refractivity (Wildman–Crippen MR) is 87.2 cm³/mol. The second-order valence-corrected chi connectivity index (χ2v) is 6.59. The average Bonchev–Trinajstić information content (AvgIpc) is 2.81. The molecule has 2 amide bonds. The number of halogens is 1. The van der Waals surface area contributed by atoms with Crippen LogP contribution in [0.15, 0.2) is 34.1 Å². The lowest BCUT2D eigenvalue weighted by Gasteiger charge is -2.06. The van der Waals surface area contributed by atoms with Crippen molar-refractivity contribution in [1.82, 2.24) is 0 Å². The summed E-state index contributed by atoms with van der Waals surface area (Å²) in [7, 11) is 1.30. The molecule has 0 spiro atoms. The van der Waals surface area contributed by atoms with Gasteiger partial charge in [0, 0.05) is 11.4 Å². The van der Waals surface area contributed by atoms with Crippen LogP contribution >= 0.6 is 27.3 Å². The van der Waals surface area contributed by atoms with Crippen LogP contribution in [-0.2, 0) is 4.74 Å². The lowest BCUT2D eigenvalue weighted by molar-refractivity contribution is 0.103. The van der Waals surface area contributed by atoms with Crippen molar-refractivity contribution in [1.29, 1.82) is 0 Å². The summed E-state index contributed by atoms with van der Waals surface area (Å²) in [6.07, 6.45) is -0.536. The van der Waals surface area contributed by atoms with E-state index in [-0.39, 0.29) is 5.91 Å². The van der Waals surface area contributed by atoms with Crippen molar-refractivity contribution in [2.75, 3.05) is 17.7 Å². The summed E-state index contributed by atoms with van der Waals surface area (Å²) in [6.45, 7) is 1.94. The van der Waals surface area contributed by atoms with Crippen LogP contribution in [0.2, 0.25) is 0 Å². The lowest BCUT2D eigenvalue weighted by Crippen LogP contribution is -2.12. The number of thiophene rings is 1. The molecule has 110 valence electrons. The largest absolute Gasteiger partial charge is 0.453 e. The summed E-state index contributed by atoms with van der Waals surface area (Å²) in [5.74, 6) is -0.164. The van der Waals surface area contributed by atoms with Gasteiger partial charge in [-0.25, -0.2) is 4.79 Å². The first kappa shape index (κ1) is 15.5. The highest BCUT2D eigenvalue weighted by Gasteiger charge is 2.11. The summed E-state index contributed by atoms with van der Waals surface area (Å²) in [4.78, 5) is 23.8. The Hall–Kier alpha value is -1.86. The highest BCUT2D eigenvalue weighted by Crippen LogP contribution is 2.28. The molecule has 0 saturated carbocycles. The SMILES string of the molecule is COC(=O)Nc1ccc(NC(=O)c2cc(C)c(Br)s2)cc1. The van der Waals surface area contributed by atoms with Crippen LogP contribution < -0.4 is 10.6 Å². The Morgan fingerprint density at radius 2 is 1.71 bits per heavy atom. The van der Waals surface area contributed by atoms with E-state index in [2.05, 4.69) is 31.3 Å². The van der Waals surface area contributed by atoms with Crippen molar-refractivity contribution in [2.24, 2.45) is 0 Å². The minimum atomic E-state index is -0.536. The molecule has 2 aromatic rings. The van der Waals surface area contributed by atoms with Gasteiger partial charge in [-0.1, -0.05) is 0 Å². The lowest BCUT2D eigenvalue weighted by atomic mass is 10.2. The zero-order chi connectivity index (χ0) is 15.4. The zero-order valence-corrected chi connectivity index (χ0v) is 13.8. The monoisotopic (exact) mass is 368 g/mol. The number of carbonyl (C=O) groups is 2. The van der Waals surface area contributed by atoms with Crippen LogP contribution in [0.25, 0.3) is 0 Å². The minimum absolute atomic E-state index is 0.164. The van der Waals surface area contributed by atoms with Crippen LogP contribution in [-0.4, -0.2) is 19.1 Å². The summed E-state index contributed by atoms with van der Waals surface area (Å²) in [6, 6.07) is 8.61. The van der Waals surface area contributed by atoms with E-state index in [9.17, 15) is 9.59 Å².